The van der Waals surface area contributed by atoms with Gasteiger partial charge in [-0.15, -0.1) is 0 Å². The molecule has 0 radical (unpaired) electrons. The molecule has 1 aromatic carbocycles. The van der Waals surface area contributed by atoms with Gasteiger partial charge in [0.15, 0.2) is 4.32 Å². The first-order valence-electron chi connectivity index (χ1n) is 5.26. The number of benzene rings is 1. The van der Waals surface area contributed by atoms with Crippen LogP contribution in [-0.2, 0) is 0 Å². The van der Waals surface area contributed by atoms with Crippen LogP contribution >= 0.6 is 24.0 Å². The van der Waals surface area contributed by atoms with E-state index in [1.807, 2.05) is 24.4 Å². The number of imidazole rings is 1. The zero-order chi connectivity index (χ0) is 12.1. The second kappa shape index (κ2) is 5.84. The summed E-state index contributed by atoms with van der Waals surface area (Å²) in [6, 6.07) is 10.3. The minimum Gasteiger partial charge on any atom is -0.278 e. The summed E-state index contributed by atoms with van der Waals surface area (Å²) in [4.78, 5) is 3.94. The lowest BCUT2D eigenvalue weighted by Gasteiger charge is -2.13. The molecule has 0 aliphatic carbocycles. The summed E-state index contributed by atoms with van der Waals surface area (Å²) >= 11 is 6.90. The Bertz CT molecular complexity index is 468. The van der Waals surface area contributed by atoms with E-state index in [1.165, 1.54) is 5.56 Å². The average molecular weight is 263 g/mol. The zero-order valence-electron chi connectivity index (χ0n) is 9.41. The van der Waals surface area contributed by atoms with E-state index in [4.69, 9.17) is 12.2 Å². The highest BCUT2D eigenvalue weighted by Crippen LogP contribution is 2.28. The third kappa shape index (κ3) is 3.57. The SMILES string of the molecule is CC(SC(=S)Nn1ccnc1)c1ccccc1. The molecule has 1 heterocycles. The maximum Gasteiger partial charge on any atom is 0.153 e. The van der Waals surface area contributed by atoms with Gasteiger partial charge < -0.3 is 0 Å². The van der Waals surface area contributed by atoms with Crippen molar-refractivity contribution in [3.05, 3.63) is 54.6 Å². The monoisotopic (exact) mass is 263 g/mol. The van der Waals surface area contributed by atoms with Crippen LogP contribution in [0.3, 0.4) is 0 Å². The second-order valence-electron chi connectivity index (χ2n) is 3.54. The van der Waals surface area contributed by atoms with Crippen molar-refractivity contribution in [2.45, 2.75) is 12.2 Å². The number of thiocarbonyl (C=S) groups is 1. The Labute approximate surface area is 110 Å². The van der Waals surface area contributed by atoms with E-state index in [1.54, 1.807) is 29.0 Å². The van der Waals surface area contributed by atoms with Gasteiger partial charge >= 0.3 is 0 Å². The lowest BCUT2D eigenvalue weighted by molar-refractivity contribution is 0.983. The molecule has 2 aromatic rings. The molecule has 5 heteroatoms. The number of hydrogen-bond donors (Lipinski definition) is 1. The van der Waals surface area contributed by atoms with Crippen molar-refractivity contribution in [2.24, 2.45) is 0 Å². The number of nitrogens with zero attached hydrogens (tertiary/aromatic N) is 2. The van der Waals surface area contributed by atoms with Gasteiger partial charge in [0.1, 0.15) is 6.33 Å². The molecule has 17 heavy (non-hydrogen) atoms. The van der Waals surface area contributed by atoms with Gasteiger partial charge in [0, 0.05) is 17.6 Å². The summed E-state index contributed by atoms with van der Waals surface area (Å²) in [7, 11) is 0. The van der Waals surface area contributed by atoms with Gasteiger partial charge in [0.05, 0.1) is 0 Å². The molecule has 88 valence electrons. The van der Waals surface area contributed by atoms with E-state index in [9.17, 15) is 0 Å². The van der Waals surface area contributed by atoms with Crippen LogP contribution in [0.2, 0.25) is 0 Å². The molecule has 0 aliphatic rings. The smallest absolute Gasteiger partial charge is 0.153 e. The van der Waals surface area contributed by atoms with Crippen LogP contribution in [0.15, 0.2) is 49.1 Å². The van der Waals surface area contributed by atoms with Crippen molar-refractivity contribution in [2.75, 3.05) is 5.43 Å². The fourth-order valence-electron chi connectivity index (χ4n) is 1.41. The lowest BCUT2D eigenvalue weighted by Crippen LogP contribution is -2.17. The number of nitrogens with one attached hydrogen (secondary N) is 1. The summed E-state index contributed by atoms with van der Waals surface area (Å²) in [6.45, 7) is 2.14. The van der Waals surface area contributed by atoms with E-state index in [0.29, 0.717) is 5.25 Å². The standard InChI is InChI=1S/C12H13N3S2/c1-10(11-5-3-2-4-6-11)17-12(16)14-15-8-7-13-9-15/h2-10H,1H3,(H,14,16). The molecule has 0 aliphatic heterocycles. The molecule has 2 rings (SSSR count). The maximum absolute atomic E-state index is 5.28. The fourth-order valence-corrected chi connectivity index (χ4v) is 2.72. The highest BCUT2D eigenvalue weighted by Gasteiger charge is 2.08. The van der Waals surface area contributed by atoms with Crippen LogP contribution in [0.25, 0.3) is 0 Å². The summed E-state index contributed by atoms with van der Waals surface area (Å²) in [6.07, 6.45) is 5.21. The summed E-state index contributed by atoms with van der Waals surface area (Å²) in [5, 5.41) is 0.333. The molecule has 1 unspecified atom stereocenters. The highest BCUT2D eigenvalue weighted by atomic mass is 32.2. The number of rotatable bonds is 3. The third-order valence-corrected chi connectivity index (χ3v) is 3.59. The predicted octanol–water partition coefficient (Wildman–Crippen LogP) is 3.21. The summed E-state index contributed by atoms with van der Waals surface area (Å²) in [5.41, 5.74) is 4.34. The van der Waals surface area contributed by atoms with Crippen LogP contribution in [0.5, 0.6) is 0 Å². The number of aromatic nitrogens is 2. The first-order chi connectivity index (χ1) is 8.25. The first-order valence-corrected chi connectivity index (χ1v) is 6.55. The molecule has 3 nitrogen and oxygen atoms in total. The van der Waals surface area contributed by atoms with Crippen molar-refractivity contribution in [3.8, 4) is 0 Å². The molecular formula is C12H13N3S2. The van der Waals surface area contributed by atoms with Crippen molar-refractivity contribution >= 4 is 28.3 Å². The first kappa shape index (κ1) is 12.1. The molecule has 0 saturated heterocycles. The topological polar surface area (TPSA) is 29.9 Å². The quantitative estimate of drug-likeness (QED) is 0.861. The predicted molar refractivity (Wildman–Crippen MR) is 76.6 cm³/mol. The van der Waals surface area contributed by atoms with E-state index in [-0.39, 0.29) is 0 Å². The van der Waals surface area contributed by atoms with E-state index >= 15 is 0 Å². The van der Waals surface area contributed by atoms with Gasteiger partial charge in [-0.3, -0.25) is 5.43 Å². The van der Waals surface area contributed by atoms with Gasteiger partial charge in [0.2, 0.25) is 0 Å². The Morgan fingerprint density at radius 1 is 1.41 bits per heavy atom. The Morgan fingerprint density at radius 2 is 2.18 bits per heavy atom. The lowest BCUT2D eigenvalue weighted by atomic mass is 10.2. The minimum atomic E-state index is 0.333. The summed E-state index contributed by atoms with van der Waals surface area (Å²) < 4.78 is 2.48. The maximum atomic E-state index is 5.28. The van der Waals surface area contributed by atoms with Gasteiger partial charge in [-0.25, -0.2) is 9.66 Å². The molecular weight excluding hydrogens is 250 g/mol. The molecule has 1 aromatic heterocycles. The van der Waals surface area contributed by atoms with Crippen molar-refractivity contribution in [1.82, 2.24) is 9.66 Å². The van der Waals surface area contributed by atoms with Crippen LogP contribution in [-0.4, -0.2) is 14.0 Å². The minimum absolute atomic E-state index is 0.333. The highest BCUT2D eigenvalue weighted by molar-refractivity contribution is 8.23. The molecule has 1 atom stereocenters. The van der Waals surface area contributed by atoms with Gasteiger partial charge in [-0.2, -0.15) is 0 Å². The van der Waals surface area contributed by atoms with Crippen LogP contribution in [0.4, 0.5) is 0 Å². The Hall–Kier alpha value is -1.33. The van der Waals surface area contributed by atoms with E-state index in [2.05, 4.69) is 29.5 Å². The molecule has 0 bridgehead atoms. The summed E-state index contributed by atoms with van der Waals surface area (Å²) in [5.74, 6) is 0. The van der Waals surface area contributed by atoms with E-state index < -0.39 is 0 Å². The average Bonchev–Trinajstić information content (AvgIpc) is 2.82. The van der Waals surface area contributed by atoms with Crippen molar-refractivity contribution < 1.29 is 0 Å². The molecule has 0 saturated carbocycles. The Morgan fingerprint density at radius 3 is 2.82 bits per heavy atom. The van der Waals surface area contributed by atoms with Crippen LogP contribution in [0, 0.1) is 0 Å². The van der Waals surface area contributed by atoms with Gasteiger partial charge in [-0.05, 0) is 12.5 Å². The number of thioether (sulfide) groups is 1. The normalized spacial score (nSPS) is 12.1. The second-order valence-corrected chi connectivity index (χ2v) is 5.56. The third-order valence-electron chi connectivity index (χ3n) is 2.28. The Balaban J connectivity index is 1.91. The molecule has 0 spiro atoms. The van der Waals surface area contributed by atoms with Crippen LogP contribution < -0.4 is 5.43 Å². The fraction of sp³-hybridized carbons (Fsp3) is 0.167. The van der Waals surface area contributed by atoms with Crippen molar-refractivity contribution in [1.29, 1.82) is 0 Å². The Kier molecular flexibility index (Phi) is 4.17. The molecule has 1 N–H and O–H groups in total. The van der Waals surface area contributed by atoms with Crippen molar-refractivity contribution in [3.63, 3.8) is 0 Å². The van der Waals surface area contributed by atoms with Gasteiger partial charge in [0.25, 0.3) is 0 Å². The van der Waals surface area contributed by atoms with Gasteiger partial charge in [-0.1, -0.05) is 54.3 Å². The molecule has 0 fully saturated rings. The molecule has 0 amide bonds. The largest absolute Gasteiger partial charge is 0.278 e. The van der Waals surface area contributed by atoms with E-state index in [0.717, 1.165) is 4.32 Å². The number of hydrogen-bond acceptors (Lipinski definition) is 3. The zero-order valence-corrected chi connectivity index (χ0v) is 11.0. The van der Waals surface area contributed by atoms with Crippen LogP contribution in [0.1, 0.15) is 17.7 Å².